The normalized spacial score (nSPS) is 16.6. The van der Waals surface area contributed by atoms with Crippen LogP contribution in [-0.4, -0.2) is 31.2 Å². The molecule has 1 saturated heterocycles. The molecule has 1 aromatic carbocycles. The van der Waals surface area contributed by atoms with Crippen LogP contribution in [0.1, 0.15) is 0 Å². The van der Waals surface area contributed by atoms with Gasteiger partial charge < -0.3 is 4.90 Å². The van der Waals surface area contributed by atoms with E-state index in [9.17, 15) is 4.91 Å². The summed E-state index contributed by atoms with van der Waals surface area (Å²) in [6.45, 7) is 2.90. The van der Waals surface area contributed by atoms with E-state index in [-0.39, 0.29) is 0 Å². The molecule has 0 amide bonds. The van der Waals surface area contributed by atoms with Crippen LogP contribution in [0.3, 0.4) is 0 Å². The van der Waals surface area contributed by atoms with Crippen LogP contribution in [0, 0.1) is 4.91 Å². The number of halogens is 1. The Bertz CT molecular complexity index is 350. The fourth-order valence-electron chi connectivity index (χ4n) is 1.73. The summed E-state index contributed by atoms with van der Waals surface area (Å²) in [5, 5.41) is 5.21. The molecule has 2 rings (SSSR count). The van der Waals surface area contributed by atoms with E-state index >= 15 is 0 Å². The number of anilines is 1. The molecule has 0 N–H and O–H groups in total. The molecule has 0 spiro atoms. The first-order valence-corrected chi connectivity index (χ1v) is 5.27. The Hall–Kier alpha value is -1.29. The van der Waals surface area contributed by atoms with Crippen molar-refractivity contribution in [3.05, 3.63) is 34.2 Å². The number of hydrogen-bond donors (Lipinski definition) is 0. The highest BCUT2D eigenvalue weighted by molar-refractivity contribution is 6.33. The molecule has 0 bridgehead atoms. The Morgan fingerprint density at radius 1 is 1.13 bits per heavy atom. The van der Waals surface area contributed by atoms with E-state index in [2.05, 4.69) is 10.2 Å². The average molecular weight is 226 g/mol. The zero-order chi connectivity index (χ0) is 10.7. The van der Waals surface area contributed by atoms with Crippen molar-refractivity contribution in [1.29, 1.82) is 0 Å². The average Bonchev–Trinajstić information content (AvgIpc) is 2.30. The van der Waals surface area contributed by atoms with Crippen molar-refractivity contribution in [1.82, 2.24) is 5.01 Å². The van der Waals surface area contributed by atoms with Crippen LogP contribution in [0.15, 0.2) is 29.6 Å². The summed E-state index contributed by atoms with van der Waals surface area (Å²) in [6, 6.07) is 7.74. The van der Waals surface area contributed by atoms with Gasteiger partial charge in [0.25, 0.3) is 0 Å². The molecule has 1 aromatic rings. The number of benzene rings is 1. The number of para-hydroxylation sites is 1. The first-order valence-electron chi connectivity index (χ1n) is 4.89. The van der Waals surface area contributed by atoms with Gasteiger partial charge in [-0.3, -0.25) is 5.01 Å². The summed E-state index contributed by atoms with van der Waals surface area (Å²) >= 11 is 6.09. The lowest BCUT2D eigenvalue weighted by Crippen LogP contribution is -2.44. The minimum atomic E-state index is 0.661. The maximum atomic E-state index is 10.3. The third-order valence-electron chi connectivity index (χ3n) is 2.56. The van der Waals surface area contributed by atoms with Gasteiger partial charge in [-0.05, 0) is 12.1 Å². The van der Waals surface area contributed by atoms with Gasteiger partial charge in [-0.1, -0.05) is 23.7 Å². The van der Waals surface area contributed by atoms with Crippen molar-refractivity contribution >= 4 is 17.3 Å². The Morgan fingerprint density at radius 2 is 1.80 bits per heavy atom. The standard InChI is InChI=1S/C10H12ClN3O/c11-9-3-1-2-4-10(9)13-5-7-14(12-15)8-6-13/h1-4H,5-8H2. The molecule has 0 saturated carbocycles. The fraction of sp³-hybridized carbons (Fsp3) is 0.400. The predicted octanol–water partition coefficient (Wildman–Crippen LogP) is 2.14. The number of rotatable bonds is 2. The quantitative estimate of drug-likeness (QED) is 0.724. The van der Waals surface area contributed by atoms with Crippen LogP contribution in [0.4, 0.5) is 5.69 Å². The second kappa shape index (κ2) is 4.49. The molecule has 80 valence electrons. The molecule has 4 nitrogen and oxygen atoms in total. The van der Waals surface area contributed by atoms with Gasteiger partial charge in [0.05, 0.1) is 29.1 Å². The molecular weight excluding hydrogens is 214 g/mol. The fourth-order valence-corrected chi connectivity index (χ4v) is 1.98. The summed E-state index contributed by atoms with van der Waals surface area (Å²) in [5.74, 6) is 0. The molecule has 0 atom stereocenters. The van der Waals surface area contributed by atoms with Crippen LogP contribution in [-0.2, 0) is 0 Å². The molecule has 5 heteroatoms. The molecule has 0 aromatic heterocycles. The summed E-state index contributed by atoms with van der Waals surface area (Å²) in [7, 11) is 0. The number of hydrogen-bond acceptors (Lipinski definition) is 3. The highest BCUT2D eigenvalue weighted by atomic mass is 35.5. The van der Waals surface area contributed by atoms with Gasteiger partial charge in [0.2, 0.25) is 0 Å². The van der Waals surface area contributed by atoms with Gasteiger partial charge in [-0.2, -0.15) is 0 Å². The topological polar surface area (TPSA) is 35.9 Å². The van der Waals surface area contributed by atoms with E-state index < -0.39 is 0 Å². The molecule has 0 aliphatic carbocycles. The van der Waals surface area contributed by atoms with Gasteiger partial charge in [0, 0.05) is 13.1 Å². The summed E-state index contributed by atoms with van der Waals surface area (Å²) in [5.41, 5.74) is 1.03. The summed E-state index contributed by atoms with van der Waals surface area (Å²) in [6.07, 6.45) is 0. The van der Waals surface area contributed by atoms with Crippen LogP contribution in [0.25, 0.3) is 0 Å². The first kappa shape index (κ1) is 10.2. The number of nitrogens with zero attached hydrogens (tertiary/aromatic N) is 3. The van der Waals surface area contributed by atoms with Gasteiger partial charge in [-0.25, -0.2) is 0 Å². The van der Waals surface area contributed by atoms with Crippen molar-refractivity contribution in [3.8, 4) is 0 Å². The SMILES string of the molecule is O=NN1CCN(c2ccccc2Cl)CC1. The maximum absolute atomic E-state index is 10.3. The van der Waals surface area contributed by atoms with Gasteiger partial charge >= 0.3 is 0 Å². The Balaban J connectivity index is 2.07. The maximum Gasteiger partial charge on any atom is 0.0639 e. The van der Waals surface area contributed by atoms with Crippen molar-refractivity contribution in [2.75, 3.05) is 31.1 Å². The van der Waals surface area contributed by atoms with Crippen LogP contribution < -0.4 is 4.90 Å². The lowest BCUT2D eigenvalue weighted by molar-refractivity contribution is 0.267. The Kier molecular flexibility index (Phi) is 3.06. The number of piperazine rings is 1. The van der Waals surface area contributed by atoms with Crippen LogP contribution in [0.2, 0.25) is 5.02 Å². The van der Waals surface area contributed by atoms with Crippen molar-refractivity contribution in [2.45, 2.75) is 0 Å². The first-order chi connectivity index (χ1) is 7.31. The lowest BCUT2D eigenvalue weighted by atomic mass is 10.2. The van der Waals surface area contributed by atoms with Gasteiger partial charge in [-0.15, -0.1) is 4.91 Å². The van der Waals surface area contributed by atoms with E-state index in [4.69, 9.17) is 11.6 Å². The smallest absolute Gasteiger partial charge is 0.0639 e. The molecule has 15 heavy (non-hydrogen) atoms. The van der Waals surface area contributed by atoms with E-state index in [0.717, 1.165) is 23.8 Å². The molecule has 1 aliphatic rings. The third kappa shape index (κ3) is 2.21. The number of nitroso groups, excluding NO2 is 1. The minimum Gasteiger partial charge on any atom is -0.367 e. The minimum absolute atomic E-state index is 0.661. The largest absolute Gasteiger partial charge is 0.367 e. The second-order valence-corrected chi connectivity index (χ2v) is 3.88. The highest BCUT2D eigenvalue weighted by Gasteiger charge is 2.17. The van der Waals surface area contributed by atoms with E-state index in [1.54, 1.807) is 0 Å². The highest BCUT2D eigenvalue weighted by Crippen LogP contribution is 2.25. The second-order valence-electron chi connectivity index (χ2n) is 3.47. The zero-order valence-electron chi connectivity index (χ0n) is 8.27. The van der Waals surface area contributed by atoms with E-state index in [1.165, 1.54) is 5.01 Å². The van der Waals surface area contributed by atoms with Crippen LogP contribution in [0.5, 0.6) is 0 Å². The molecular formula is C10H12ClN3O. The predicted molar refractivity (Wildman–Crippen MR) is 61.0 cm³/mol. The van der Waals surface area contributed by atoms with E-state index in [0.29, 0.717) is 13.1 Å². The van der Waals surface area contributed by atoms with Crippen molar-refractivity contribution in [3.63, 3.8) is 0 Å². The monoisotopic (exact) mass is 225 g/mol. The van der Waals surface area contributed by atoms with Crippen LogP contribution >= 0.6 is 11.6 Å². The van der Waals surface area contributed by atoms with Crippen molar-refractivity contribution in [2.24, 2.45) is 5.29 Å². The molecule has 0 radical (unpaired) electrons. The van der Waals surface area contributed by atoms with Gasteiger partial charge in [0.15, 0.2) is 0 Å². The van der Waals surface area contributed by atoms with Crippen molar-refractivity contribution < 1.29 is 0 Å². The Labute approximate surface area is 93.4 Å². The zero-order valence-corrected chi connectivity index (χ0v) is 9.02. The van der Waals surface area contributed by atoms with E-state index in [1.807, 2.05) is 24.3 Å². The molecule has 1 aliphatic heterocycles. The van der Waals surface area contributed by atoms with Gasteiger partial charge in [0.1, 0.15) is 0 Å². The molecule has 0 unspecified atom stereocenters. The summed E-state index contributed by atoms with van der Waals surface area (Å²) < 4.78 is 0. The molecule has 1 fully saturated rings. The lowest BCUT2D eigenvalue weighted by Gasteiger charge is -2.33. The molecule has 1 heterocycles. The third-order valence-corrected chi connectivity index (χ3v) is 2.88. The Morgan fingerprint density at radius 3 is 2.40 bits per heavy atom. The summed E-state index contributed by atoms with van der Waals surface area (Å²) in [4.78, 5) is 12.5.